The molecule has 0 aliphatic heterocycles. The number of benzene rings is 3. The van der Waals surface area contributed by atoms with E-state index >= 15 is 0 Å². The summed E-state index contributed by atoms with van der Waals surface area (Å²) in [5.41, 5.74) is 7.22. The van der Waals surface area contributed by atoms with Gasteiger partial charge in [-0.05, 0) is 91.5 Å². The topological polar surface area (TPSA) is 56.8 Å². The van der Waals surface area contributed by atoms with Crippen molar-refractivity contribution in [3.05, 3.63) is 82.9 Å². The van der Waals surface area contributed by atoms with Gasteiger partial charge in [0.05, 0.1) is 25.9 Å². The number of hydrogen-bond donors (Lipinski definition) is 1. The number of hydrogen-bond acceptors (Lipinski definition) is 4. The number of rotatable bonds is 12. The largest absolute Gasteiger partial charge is 0.496 e. The second kappa shape index (κ2) is 14.2. The SMILES string of the molecule is CCCc1cccc(-c2cc(OC3CCC(OCc4ccc(C)cc4OC)CC3)ccc2CCNC(C)=O)c1. The van der Waals surface area contributed by atoms with Gasteiger partial charge in [0.1, 0.15) is 11.5 Å². The van der Waals surface area contributed by atoms with Crippen molar-refractivity contribution in [1.29, 1.82) is 0 Å². The summed E-state index contributed by atoms with van der Waals surface area (Å²) < 4.78 is 18.3. The first-order valence-electron chi connectivity index (χ1n) is 14.3. The average molecular weight is 530 g/mol. The van der Waals surface area contributed by atoms with Crippen LogP contribution in [0.1, 0.15) is 68.2 Å². The first-order chi connectivity index (χ1) is 18.9. The van der Waals surface area contributed by atoms with Crippen molar-refractivity contribution in [3.8, 4) is 22.6 Å². The van der Waals surface area contributed by atoms with E-state index in [1.54, 1.807) is 14.0 Å². The minimum atomic E-state index is -0.000896. The molecule has 5 heteroatoms. The van der Waals surface area contributed by atoms with Crippen molar-refractivity contribution in [1.82, 2.24) is 5.32 Å². The smallest absolute Gasteiger partial charge is 0.216 e. The molecule has 0 spiro atoms. The maximum Gasteiger partial charge on any atom is 0.216 e. The lowest BCUT2D eigenvalue weighted by Gasteiger charge is -2.29. The van der Waals surface area contributed by atoms with Crippen LogP contribution in [-0.2, 0) is 29.0 Å². The predicted molar refractivity (Wildman–Crippen MR) is 157 cm³/mol. The summed E-state index contributed by atoms with van der Waals surface area (Å²) in [6.07, 6.45) is 7.30. The molecule has 1 aliphatic rings. The summed E-state index contributed by atoms with van der Waals surface area (Å²) in [5, 5.41) is 2.93. The molecule has 0 unspecified atom stereocenters. The van der Waals surface area contributed by atoms with Crippen LogP contribution in [0.25, 0.3) is 11.1 Å². The highest BCUT2D eigenvalue weighted by atomic mass is 16.5. The molecule has 208 valence electrons. The molecule has 1 amide bonds. The van der Waals surface area contributed by atoms with Crippen LogP contribution in [0.2, 0.25) is 0 Å². The minimum absolute atomic E-state index is 0.000896. The molecule has 0 radical (unpaired) electrons. The Morgan fingerprint density at radius 2 is 1.69 bits per heavy atom. The summed E-state index contributed by atoms with van der Waals surface area (Å²) in [6.45, 7) is 7.03. The van der Waals surface area contributed by atoms with E-state index in [9.17, 15) is 4.79 Å². The first kappa shape index (κ1) is 28.7. The van der Waals surface area contributed by atoms with Crippen molar-refractivity contribution < 1.29 is 19.0 Å². The Morgan fingerprint density at radius 3 is 2.44 bits per heavy atom. The Labute approximate surface area is 233 Å². The number of aryl methyl sites for hydroxylation is 2. The second-order valence-corrected chi connectivity index (χ2v) is 10.6. The van der Waals surface area contributed by atoms with Crippen LogP contribution < -0.4 is 14.8 Å². The van der Waals surface area contributed by atoms with Gasteiger partial charge in [0.2, 0.25) is 5.91 Å². The van der Waals surface area contributed by atoms with E-state index in [0.717, 1.165) is 62.0 Å². The van der Waals surface area contributed by atoms with Gasteiger partial charge in [-0.2, -0.15) is 0 Å². The third-order valence-electron chi connectivity index (χ3n) is 7.47. The molecule has 4 rings (SSSR count). The summed E-state index contributed by atoms with van der Waals surface area (Å²) in [5.74, 6) is 1.80. The molecule has 0 aromatic heterocycles. The summed E-state index contributed by atoms with van der Waals surface area (Å²) >= 11 is 0. The highest BCUT2D eigenvalue weighted by Gasteiger charge is 2.24. The fraction of sp³-hybridized carbons (Fsp3) is 0.441. The minimum Gasteiger partial charge on any atom is -0.496 e. The van der Waals surface area contributed by atoms with E-state index in [-0.39, 0.29) is 18.1 Å². The Morgan fingerprint density at radius 1 is 0.923 bits per heavy atom. The van der Waals surface area contributed by atoms with Gasteiger partial charge < -0.3 is 19.5 Å². The number of ether oxygens (including phenoxy) is 3. The molecule has 1 saturated carbocycles. The van der Waals surface area contributed by atoms with Crippen molar-refractivity contribution >= 4 is 5.91 Å². The van der Waals surface area contributed by atoms with Gasteiger partial charge in [-0.1, -0.05) is 55.8 Å². The summed E-state index contributed by atoms with van der Waals surface area (Å²) in [4.78, 5) is 11.4. The Hall–Kier alpha value is -3.31. The maximum absolute atomic E-state index is 11.4. The Bertz CT molecular complexity index is 1230. The molecule has 5 nitrogen and oxygen atoms in total. The molecule has 0 saturated heterocycles. The highest BCUT2D eigenvalue weighted by Crippen LogP contribution is 2.32. The molecule has 39 heavy (non-hydrogen) atoms. The summed E-state index contributed by atoms with van der Waals surface area (Å²) in [7, 11) is 1.71. The number of nitrogens with one attached hydrogen (secondary N) is 1. The molecular weight excluding hydrogens is 486 g/mol. The fourth-order valence-corrected chi connectivity index (χ4v) is 5.36. The van der Waals surface area contributed by atoms with Gasteiger partial charge in [0.15, 0.2) is 0 Å². The standard InChI is InChI=1S/C34H43NO4/c1-5-7-26-8-6-9-28(21-26)33-22-32(13-12-27(33)18-19-35-25(3)36)39-31-16-14-30(15-17-31)38-23-29-11-10-24(2)20-34(29)37-4/h6,8-13,20-22,30-31H,5,7,14-19,23H2,1-4H3,(H,35,36). The number of methoxy groups -OCH3 is 1. The van der Waals surface area contributed by atoms with Crippen molar-refractivity contribution in [2.24, 2.45) is 0 Å². The predicted octanol–water partition coefficient (Wildman–Crippen LogP) is 7.21. The van der Waals surface area contributed by atoms with Gasteiger partial charge in [0.25, 0.3) is 0 Å². The van der Waals surface area contributed by atoms with Gasteiger partial charge in [-0.25, -0.2) is 0 Å². The van der Waals surface area contributed by atoms with Crippen LogP contribution in [0.15, 0.2) is 60.7 Å². The van der Waals surface area contributed by atoms with Crippen molar-refractivity contribution in [2.75, 3.05) is 13.7 Å². The molecule has 0 bridgehead atoms. The van der Waals surface area contributed by atoms with Crippen LogP contribution in [0.4, 0.5) is 0 Å². The maximum atomic E-state index is 11.4. The molecule has 1 aliphatic carbocycles. The zero-order valence-electron chi connectivity index (χ0n) is 23.9. The van der Waals surface area contributed by atoms with Crippen LogP contribution in [0, 0.1) is 6.92 Å². The normalized spacial score (nSPS) is 17.0. The average Bonchev–Trinajstić information content (AvgIpc) is 2.94. The molecule has 3 aromatic carbocycles. The van der Waals surface area contributed by atoms with E-state index in [1.165, 1.54) is 27.8 Å². The molecule has 0 atom stereocenters. The van der Waals surface area contributed by atoms with Crippen LogP contribution >= 0.6 is 0 Å². The quantitative estimate of drug-likeness (QED) is 0.269. The lowest BCUT2D eigenvalue weighted by atomic mass is 9.94. The van der Waals surface area contributed by atoms with E-state index in [2.05, 4.69) is 79.8 Å². The van der Waals surface area contributed by atoms with Crippen molar-refractivity contribution in [3.63, 3.8) is 0 Å². The molecule has 3 aromatic rings. The number of carbonyl (C=O) groups excluding carboxylic acids is 1. The van der Waals surface area contributed by atoms with E-state index in [4.69, 9.17) is 14.2 Å². The Kier molecular flexibility index (Phi) is 10.4. The highest BCUT2D eigenvalue weighted by molar-refractivity contribution is 5.73. The molecule has 1 fully saturated rings. The van der Waals surface area contributed by atoms with Crippen LogP contribution in [-0.4, -0.2) is 31.8 Å². The molecule has 0 heterocycles. The van der Waals surface area contributed by atoms with E-state index in [0.29, 0.717) is 13.2 Å². The number of amides is 1. The van der Waals surface area contributed by atoms with Gasteiger partial charge in [-0.3, -0.25) is 4.79 Å². The van der Waals surface area contributed by atoms with Gasteiger partial charge >= 0.3 is 0 Å². The monoisotopic (exact) mass is 529 g/mol. The zero-order chi connectivity index (χ0) is 27.6. The molecule has 1 N–H and O–H groups in total. The van der Waals surface area contributed by atoms with Gasteiger partial charge in [-0.15, -0.1) is 0 Å². The van der Waals surface area contributed by atoms with Crippen LogP contribution in [0.3, 0.4) is 0 Å². The van der Waals surface area contributed by atoms with Crippen molar-refractivity contribution in [2.45, 2.75) is 84.5 Å². The van der Waals surface area contributed by atoms with E-state index in [1.807, 2.05) is 0 Å². The zero-order valence-corrected chi connectivity index (χ0v) is 23.9. The second-order valence-electron chi connectivity index (χ2n) is 10.6. The summed E-state index contributed by atoms with van der Waals surface area (Å²) in [6, 6.07) is 21.5. The van der Waals surface area contributed by atoms with Gasteiger partial charge in [0, 0.05) is 19.0 Å². The van der Waals surface area contributed by atoms with E-state index < -0.39 is 0 Å². The lowest BCUT2D eigenvalue weighted by Crippen LogP contribution is -2.28. The number of carbonyl (C=O) groups is 1. The van der Waals surface area contributed by atoms with Crippen LogP contribution in [0.5, 0.6) is 11.5 Å². The fourth-order valence-electron chi connectivity index (χ4n) is 5.36. The lowest BCUT2D eigenvalue weighted by molar-refractivity contribution is -0.118. The Balaban J connectivity index is 1.39. The third-order valence-corrected chi connectivity index (χ3v) is 7.47. The third kappa shape index (κ3) is 8.34. The molecular formula is C34H43NO4. The first-order valence-corrected chi connectivity index (χ1v) is 14.3.